The molecule has 0 aromatic carbocycles. The second kappa shape index (κ2) is 7.94. The minimum absolute atomic E-state index is 0.265. The second-order valence-electron chi connectivity index (χ2n) is 7.45. The highest BCUT2D eigenvalue weighted by Crippen LogP contribution is 2.48. The minimum Gasteiger partial charge on any atom is -0.380 e. The van der Waals surface area contributed by atoms with Crippen molar-refractivity contribution >= 4 is 0 Å². The third-order valence-electron chi connectivity index (χ3n) is 6.01. The number of ether oxygens (including phenoxy) is 2. The van der Waals surface area contributed by atoms with Crippen molar-refractivity contribution in [1.29, 1.82) is 0 Å². The largest absolute Gasteiger partial charge is 0.380 e. The smallest absolute Gasteiger partial charge is 0.370 e. The second-order valence-corrected chi connectivity index (χ2v) is 7.45. The maximum atomic E-state index is 15.6. The standard InChI is InChI=1S/C18H36F2N2O2/c1-10-15(12(3)23-8)21-14(5)17(6,7)22(18(21,19)20)16(11-2)13(4)24-9/h12-16H,10-11H2,1-9H3. The Morgan fingerprint density at radius 1 is 0.958 bits per heavy atom. The first kappa shape index (κ1) is 21.7. The van der Waals surface area contributed by atoms with Gasteiger partial charge < -0.3 is 9.47 Å². The molecule has 0 radical (unpaired) electrons. The quantitative estimate of drug-likeness (QED) is 0.619. The van der Waals surface area contributed by atoms with E-state index < -0.39 is 11.7 Å². The summed E-state index contributed by atoms with van der Waals surface area (Å²) in [5.74, 6) is 0. The van der Waals surface area contributed by atoms with E-state index in [1.165, 1.54) is 9.80 Å². The van der Waals surface area contributed by atoms with Crippen molar-refractivity contribution in [1.82, 2.24) is 9.80 Å². The van der Waals surface area contributed by atoms with E-state index in [0.717, 1.165) is 0 Å². The van der Waals surface area contributed by atoms with Gasteiger partial charge in [0.05, 0.1) is 12.2 Å². The van der Waals surface area contributed by atoms with Crippen LogP contribution in [0.2, 0.25) is 0 Å². The van der Waals surface area contributed by atoms with Crippen LogP contribution in [0.1, 0.15) is 61.3 Å². The molecular formula is C18H36F2N2O2. The summed E-state index contributed by atoms with van der Waals surface area (Å²) < 4.78 is 42.1. The lowest BCUT2D eigenvalue weighted by Gasteiger charge is -2.43. The van der Waals surface area contributed by atoms with Gasteiger partial charge in [-0.15, -0.1) is 0 Å². The van der Waals surface area contributed by atoms with E-state index in [1.807, 2.05) is 48.5 Å². The van der Waals surface area contributed by atoms with Crippen molar-refractivity contribution < 1.29 is 18.3 Å². The molecule has 0 amide bonds. The lowest BCUT2D eigenvalue weighted by molar-refractivity contribution is -0.262. The fraction of sp³-hybridized carbons (Fsp3) is 1.00. The van der Waals surface area contributed by atoms with Crippen molar-refractivity contribution in [2.75, 3.05) is 14.2 Å². The Labute approximate surface area is 146 Å². The normalized spacial score (nSPS) is 29.4. The Balaban J connectivity index is 3.37. The number of nitrogens with zero attached hydrogens (tertiary/aromatic N) is 2. The van der Waals surface area contributed by atoms with Crippen LogP contribution >= 0.6 is 0 Å². The third kappa shape index (κ3) is 3.48. The van der Waals surface area contributed by atoms with Gasteiger partial charge >= 0.3 is 6.17 Å². The number of hydrogen-bond donors (Lipinski definition) is 0. The fourth-order valence-electron chi connectivity index (χ4n) is 4.15. The molecule has 5 atom stereocenters. The molecule has 1 rings (SSSR count). The zero-order chi connectivity index (χ0) is 18.9. The van der Waals surface area contributed by atoms with Crippen LogP contribution in [0.5, 0.6) is 0 Å². The van der Waals surface area contributed by atoms with Crippen molar-refractivity contribution in [3.8, 4) is 0 Å². The molecule has 1 aliphatic heterocycles. The first-order valence-electron chi connectivity index (χ1n) is 9.03. The van der Waals surface area contributed by atoms with Crippen LogP contribution in [0.25, 0.3) is 0 Å². The maximum Gasteiger partial charge on any atom is 0.370 e. The summed E-state index contributed by atoms with van der Waals surface area (Å²) in [5.41, 5.74) is -0.683. The number of hydrogen-bond acceptors (Lipinski definition) is 4. The average molecular weight is 350 g/mol. The Morgan fingerprint density at radius 2 is 1.38 bits per heavy atom. The lowest BCUT2D eigenvalue weighted by atomic mass is 9.91. The molecule has 0 aliphatic carbocycles. The summed E-state index contributed by atoms with van der Waals surface area (Å²) in [6.07, 6.45) is -2.38. The highest BCUT2D eigenvalue weighted by atomic mass is 19.3. The molecule has 24 heavy (non-hydrogen) atoms. The number of alkyl halides is 2. The van der Waals surface area contributed by atoms with Crippen LogP contribution in [0.15, 0.2) is 0 Å². The summed E-state index contributed by atoms with van der Waals surface area (Å²) >= 11 is 0. The van der Waals surface area contributed by atoms with E-state index in [2.05, 4.69) is 0 Å². The van der Waals surface area contributed by atoms with Crippen LogP contribution in [0.4, 0.5) is 8.78 Å². The van der Waals surface area contributed by atoms with E-state index in [-0.39, 0.29) is 30.3 Å². The lowest BCUT2D eigenvalue weighted by Crippen LogP contribution is -2.60. The fourth-order valence-corrected chi connectivity index (χ4v) is 4.15. The van der Waals surface area contributed by atoms with Gasteiger partial charge in [0.1, 0.15) is 0 Å². The summed E-state index contributed by atoms with van der Waals surface area (Å²) in [6, 6.07) is -1.02. The molecule has 4 nitrogen and oxygen atoms in total. The summed E-state index contributed by atoms with van der Waals surface area (Å²) in [4.78, 5) is 2.72. The van der Waals surface area contributed by atoms with E-state index in [9.17, 15) is 0 Å². The van der Waals surface area contributed by atoms with Gasteiger partial charge in [-0.25, -0.2) is 9.80 Å². The number of halogens is 2. The molecule has 0 N–H and O–H groups in total. The van der Waals surface area contributed by atoms with Gasteiger partial charge in [0.2, 0.25) is 0 Å². The molecule has 1 aliphatic rings. The number of methoxy groups -OCH3 is 2. The van der Waals surface area contributed by atoms with Crippen molar-refractivity contribution in [3.63, 3.8) is 0 Å². The molecular weight excluding hydrogens is 314 g/mol. The van der Waals surface area contributed by atoms with E-state index in [0.29, 0.717) is 12.8 Å². The topological polar surface area (TPSA) is 24.9 Å². The van der Waals surface area contributed by atoms with Crippen LogP contribution in [0, 0.1) is 0 Å². The zero-order valence-corrected chi connectivity index (χ0v) is 16.8. The monoisotopic (exact) mass is 350 g/mol. The molecule has 1 fully saturated rings. The Kier molecular flexibility index (Phi) is 7.19. The molecule has 5 unspecified atom stereocenters. The molecule has 6 heteroatoms. The molecule has 0 saturated carbocycles. The minimum atomic E-state index is -3.05. The molecule has 0 aromatic heterocycles. The molecule has 0 aromatic rings. The summed E-state index contributed by atoms with van der Waals surface area (Å²) in [5, 5.41) is 0. The SMILES string of the molecule is CCC(C(C)OC)N1C(C)C(C)(C)N(C(CC)C(C)OC)C1(F)F. The first-order chi connectivity index (χ1) is 11.0. The van der Waals surface area contributed by atoms with Gasteiger partial charge in [-0.05, 0) is 47.5 Å². The predicted molar refractivity (Wildman–Crippen MR) is 93.3 cm³/mol. The van der Waals surface area contributed by atoms with E-state index in [4.69, 9.17) is 9.47 Å². The van der Waals surface area contributed by atoms with Crippen LogP contribution in [0.3, 0.4) is 0 Å². The van der Waals surface area contributed by atoms with Crippen LogP contribution in [-0.4, -0.2) is 66.1 Å². The van der Waals surface area contributed by atoms with Gasteiger partial charge in [0.25, 0.3) is 0 Å². The van der Waals surface area contributed by atoms with Crippen LogP contribution < -0.4 is 0 Å². The van der Waals surface area contributed by atoms with Crippen molar-refractivity contribution in [2.45, 2.75) is 103 Å². The maximum absolute atomic E-state index is 15.6. The predicted octanol–water partition coefficient (Wildman–Crippen LogP) is 3.95. The van der Waals surface area contributed by atoms with Gasteiger partial charge in [-0.2, -0.15) is 8.78 Å². The van der Waals surface area contributed by atoms with Crippen LogP contribution in [-0.2, 0) is 9.47 Å². The molecule has 0 bridgehead atoms. The van der Waals surface area contributed by atoms with E-state index in [1.54, 1.807) is 14.2 Å². The Morgan fingerprint density at radius 3 is 1.75 bits per heavy atom. The first-order valence-corrected chi connectivity index (χ1v) is 9.03. The van der Waals surface area contributed by atoms with E-state index >= 15 is 8.78 Å². The highest BCUT2D eigenvalue weighted by Gasteiger charge is 2.65. The molecule has 0 spiro atoms. The zero-order valence-electron chi connectivity index (χ0n) is 16.8. The molecule has 1 saturated heterocycles. The summed E-state index contributed by atoms with van der Waals surface area (Å²) in [7, 11) is 3.16. The van der Waals surface area contributed by atoms with Gasteiger partial charge in [0.15, 0.2) is 0 Å². The third-order valence-corrected chi connectivity index (χ3v) is 6.01. The molecule has 1 heterocycles. The van der Waals surface area contributed by atoms with Gasteiger partial charge in [-0.3, -0.25) is 0 Å². The highest BCUT2D eigenvalue weighted by molar-refractivity contribution is 5.08. The number of rotatable bonds is 8. The average Bonchev–Trinajstić information content (AvgIpc) is 2.66. The Bertz CT molecular complexity index is 406. The van der Waals surface area contributed by atoms with Crippen molar-refractivity contribution in [3.05, 3.63) is 0 Å². The molecule has 144 valence electrons. The summed E-state index contributed by atoms with van der Waals surface area (Å²) in [6.45, 7) is 13.3. The van der Waals surface area contributed by atoms with Gasteiger partial charge in [-0.1, -0.05) is 13.8 Å². The van der Waals surface area contributed by atoms with Crippen molar-refractivity contribution in [2.24, 2.45) is 0 Å². The Hall–Kier alpha value is -0.300. The van der Waals surface area contributed by atoms with Gasteiger partial charge in [0, 0.05) is 37.9 Å².